The zero-order valence-corrected chi connectivity index (χ0v) is 10.7. The molecular formula is C13H12ClNO4. The molecule has 1 aromatic carbocycles. The Kier molecular flexibility index (Phi) is 3.33. The third-order valence-electron chi connectivity index (χ3n) is 3.35. The maximum Gasteiger partial charge on any atom is 0.151 e. The van der Waals surface area contributed by atoms with Gasteiger partial charge in [-0.05, 0) is 12.1 Å². The molecule has 2 fully saturated rings. The van der Waals surface area contributed by atoms with E-state index in [1.807, 2.05) is 6.07 Å². The zero-order chi connectivity index (χ0) is 13.4. The largest absolute Gasteiger partial charge is 0.484 e. The van der Waals surface area contributed by atoms with Crippen molar-refractivity contribution in [3.63, 3.8) is 0 Å². The Morgan fingerprint density at radius 2 is 2.11 bits per heavy atom. The predicted molar refractivity (Wildman–Crippen MR) is 66.1 cm³/mol. The Balaban J connectivity index is 1.80. The van der Waals surface area contributed by atoms with Gasteiger partial charge in [-0.15, -0.1) is 0 Å². The van der Waals surface area contributed by atoms with E-state index in [1.165, 1.54) is 0 Å². The summed E-state index contributed by atoms with van der Waals surface area (Å²) in [5, 5.41) is 19.1. The Labute approximate surface area is 115 Å². The monoisotopic (exact) mass is 281 g/mol. The maximum atomic E-state index is 9.65. The number of ether oxygens (including phenoxy) is 3. The average molecular weight is 282 g/mol. The molecule has 0 radical (unpaired) electrons. The molecule has 2 saturated heterocycles. The number of halogens is 1. The van der Waals surface area contributed by atoms with E-state index in [9.17, 15) is 5.11 Å². The first-order valence-electron chi connectivity index (χ1n) is 5.97. The number of rotatable bonds is 2. The summed E-state index contributed by atoms with van der Waals surface area (Å²) in [4.78, 5) is 0. The van der Waals surface area contributed by atoms with E-state index >= 15 is 0 Å². The minimum atomic E-state index is -0.617. The molecule has 3 rings (SSSR count). The molecule has 1 N–H and O–H groups in total. The maximum absolute atomic E-state index is 9.65. The molecule has 100 valence electrons. The van der Waals surface area contributed by atoms with Gasteiger partial charge in [0, 0.05) is 0 Å². The number of hydrogen-bond donors (Lipinski definition) is 1. The number of benzene rings is 1. The lowest BCUT2D eigenvalue weighted by atomic mass is 10.1. The molecule has 4 atom stereocenters. The topological polar surface area (TPSA) is 71.7 Å². The SMILES string of the molecule is N#Cc1c(Cl)cccc1OC1COC2C(O)COC12. The van der Waals surface area contributed by atoms with Crippen LogP contribution in [-0.2, 0) is 9.47 Å². The molecular weight excluding hydrogens is 270 g/mol. The second-order valence-corrected chi connectivity index (χ2v) is 4.95. The van der Waals surface area contributed by atoms with Crippen LogP contribution in [-0.4, -0.2) is 42.7 Å². The van der Waals surface area contributed by atoms with Crippen LogP contribution in [0.5, 0.6) is 5.75 Å². The van der Waals surface area contributed by atoms with Gasteiger partial charge in [-0.2, -0.15) is 5.26 Å². The van der Waals surface area contributed by atoms with Crippen molar-refractivity contribution in [1.29, 1.82) is 5.26 Å². The van der Waals surface area contributed by atoms with Gasteiger partial charge in [-0.1, -0.05) is 17.7 Å². The van der Waals surface area contributed by atoms with E-state index in [1.54, 1.807) is 18.2 Å². The molecule has 0 aromatic heterocycles. The van der Waals surface area contributed by atoms with Gasteiger partial charge in [0.2, 0.25) is 0 Å². The first-order chi connectivity index (χ1) is 9.20. The van der Waals surface area contributed by atoms with Gasteiger partial charge in [-0.3, -0.25) is 0 Å². The Bertz CT molecular complexity index is 530. The summed E-state index contributed by atoms with van der Waals surface area (Å²) in [7, 11) is 0. The molecule has 2 heterocycles. The van der Waals surface area contributed by atoms with Crippen molar-refractivity contribution in [2.24, 2.45) is 0 Å². The van der Waals surface area contributed by atoms with Crippen molar-refractivity contribution in [2.75, 3.05) is 13.2 Å². The summed E-state index contributed by atoms with van der Waals surface area (Å²) in [6, 6.07) is 7.06. The first kappa shape index (κ1) is 12.7. The number of hydrogen-bond acceptors (Lipinski definition) is 5. The van der Waals surface area contributed by atoms with Crippen LogP contribution in [0.25, 0.3) is 0 Å². The van der Waals surface area contributed by atoms with E-state index in [2.05, 4.69) is 0 Å². The van der Waals surface area contributed by atoms with Crippen molar-refractivity contribution in [2.45, 2.75) is 24.4 Å². The summed E-state index contributed by atoms with van der Waals surface area (Å²) in [6.07, 6.45) is -1.61. The molecule has 0 saturated carbocycles. The molecule has 0 bridgehead atoms. The standard InChI is InChI=1S/C13H12ClNO4/c14-8-2-1-3-10(7(8)4-15)19-11-6-18-12-9(16)5-17-13(11)12/h1-3,9,11-13,16H,5-6H2. The van der Waals surface area contributed by atoms with Gasteiger partial charge in [0.1, 0.15) is 35.7 Å². The number of aliphatic hydroxyl groups is 1. The van der Waals surface area contributed by atoms with Gasteiger partial charge in [0.15, 0.2) is 6.10 Å². The quantitative estimate of drug-likeness (QED) is 0.879. The zero-order valence-electron chi connectivity index (χ0n) is 9.95. The first-order valence-corrected chi connectivity index (χ1v) is 6.35. The van der Waals surface area contributed by atoms with E-state index < -0.39 is 6.10 Å². The number of fused-ring (bicyclic) bond motifs is 1. The third kappa shape index (κ3) is 2.17. The van der Waals surface area contributed by atoms with E-state index in [0.29, 0.717) is 22.9 Å². The molecule has 2 aliphatic heterocycles. The van der Waals surface area contributed by atoms with E-state index in [0.717, 1.165) is 0 Å². The van der Waals surface area contributed by atoms with E-state index in [-0.39, 0.29) is 24.9 Å². The minimum absolute atomic E-state index is 0.246. The fourth-order valence-electron chi connectivity index (χ4n) is 2.42. The molecule has 0 aliphatic carbocycles. The van der Waals surface area contributed by atoms with Crippen LogP contribution < -0.4 is 4.74 Å². The second kappa shape index (κ2) is 4.99. The number of nitrogens with zero attached hydrogens (tertiary/aromatic N) is 1. The molecule has 19 heavy (non-hydrogen) atoms. The summed E-state index contributed by atoms with van der Waals surface area (Å²) in [5.41, 5.74) is 0.297. The van der Waals surface area contributed by atoms with Crippen LogP contribution in [0.3, 0.4) is 0 Å². The lowest BCUT2D eigenvalue weighted by molar-refractivity contribution is 0.00858. The Morgan fingerprint density at radius 1 is 1.32 bits per heavy atom. The third-order valence-corrected chi connectivity index (χ3v) is 3.66. The lowest BCUT2D eigenvalue weighted by Crippen LogP contribution is -2.34. The van der Waals surface area contributed by atoms with Crippen molar-refractivity contribution >= 4 is 11.6 Å². The lowest BCUT2D eigenvalue weighted by Gasteiger charge is -2.18. The van der Waals surface area contributed by atoms with Crippen molar-refractivity contribution in [3.8, 4) is 11.8 Å². The highest BCUT2D eigenvalue weighted by Crippen LogP contribution is 2.32. The van der Waals surface area contributed by atoms with Crippen LogP contribution in [0.2, 0.25) is 5.02 Å². The summed E-state index contributed by atoms with van der Waals surface area (Å²) in [5.74, 6) is 0.411. The molecule has 4 unspecified atom stereocenters. The van der Waals surface area contributed by atoms with Gasteiger partial charge >= 0.3 is 0 Å². The fourth-order valence-corrected chi connectivity index (χ4v) is 2.63. The van der Waals surface area contributed by atoms with Crippen LogP contribution in [0.1, 0.15) is 5.56 Å². The predicted octanol–water partition coefficient (Wildman–Crippen LogP) is 1.12. The number of nitriles is 1. The molecule has 5 nitrogen and oxygen atoms in total. The Morgan fingerprint density at radius 3 is 2.89 bits per heavy atom. The van der Waals surface area contributed by atoms with Crippen LogP contribution >= 0.6 is 11.6 Å². The Hall–Kier alpha value is -1.32. The highest BCUT2D eigenvalue weighted by atomic mass is 35.5. The van der Waals surface area contributed by atoms with E-state index in [4.69, 9.17) is 31.1 Å². The second-order valence-electron chi connectivity index (χ2n) is 4.54. The molecule has 0 spiro atoms. The van der Waals surface area contributed by atoms with Gasteiger partial charge in [-0.25, -0.2) is 0 Å². The molecule has 6 heteroatoms. The summed E-state index contributed by atoms with van der Waals surface area (Å²) in [6.45, 7) is 0.569. The van der Waals surface area contributed by atoms with Crippen molar-refractivity contribution < 1.29 is 19.3 Å². The summed E-state index contributed by atoms with van der Waals surface area (Å²) < 4.78 is 16.7. The van der Waals surface area contributed by atoms with Crippen molar-refractivity contribution in [3.05, 3.63) is 28.8 Å². The smallest absolute Gasteiger partial charge is 0.151 e. The molecule has 2 aliphatic rings. The normalized spacial score (nSPS) is 32.9. The minimum Gasteiger partial charge on any atom is -0.484 e. The summed E-state index contributed by atoms with van der Waals surface area (Å²) >= 11 is 5.94. The molecule has 0 amide bonds. The highest BCUT2D eigenvalue weighted by molar-refractivity contribution is 6.31. The van der Waals surface area contributed by atoms with Gasteiger partial charge < -0.3 is 19.3 Å². The van der Waals surface area contributed by atoms with Crippen LogP contribution in [0.15, 0.2) is 18.2 Å². The fraction of sp³-hybridized carbons (Fsp3) is 0.462. The van der Waals surface area contributed by atoms with Gasteiger partial charge in [0.25, 0.3) is 0 Å². The molecule has 1 aromatic rings. The van der Waals surface area contributed by atoms with Gasteiger partial charge in [0.05, 0.1) is 18.2 Å². The number of aliphatic hydroxyl groups excluding tert-OH is 1. The van der Waals surface area contributed by atoms with Crippen LogP contribution in [0, 0.1) is 11.3 Å². The highest BCUT2D eigenvalue weighted by Gasteiger charge is 2.48. The van der Waals surface area contributed by atoms with Crippen molar-refractivity contribution in [1.82, 2.24) is 0 Å². The van der Waals surface area contributed by atoms with Crippen LogP contribution in [0.4, 0.5) is 0 Å². The average Bonchev–Trinajstić information content (AvgIpc) is 2.95.